The van der Waals surface area contributed by atoms with Crippen molar-refractivity contribution in [1.29, 1.82) is 0 Å². The third kappa shape index (κ3) is 6.16. The predicted octanol–water partition coefficient (Wildman–Crippen LogP) is 6.32. The zero-order valence-electron chi connectivity index (χ0n) is 17.8. The molecule has 2 saturated carbocycles. The van der Waals surface area contributed by atoms with Crippen LogP contribution in [-0.2, 0) is 17.1 Å². The van der Waals surface area contributed by atoms with Gasteiger partial charge in [-0.1, -0.05) is 31.0 Å². The second-order valence-electron chi connectivity index (χ2n) is 8.85. The number of thioether (sulfide) groups is 1. The summed E-state index contributed by atoms with van der Waals surface area (Å²) in [5.41, 5.74) is -3.42. The number of rotatable bonds is 5. The van der Waals surface area contributed by atoms with E-state index in [4.69, 9.17) is 4.99 Å². The number of alkyl halides is 6. The van der Waals surface area contributed by atoms with Crippen LogP contribution < -0.4 is 5.32 Å². The number of nitrogens with zero attached hydrogens (tertiary/aromatic N) is 2. The molecule has 2 aliphatic carbocycles. The number of hydrogen-bond acceptors (Lipinski definition) is 3. The number of hydrogen-bond donors (Lipinski definition) is 1. The Bertz CT molecular complexity index is 874. The largest absolute Gasteiger partial charge is 0.416 e. The molecule has 1 amide bonds. The average Bonchev–Trinajstić information content (AvgIpc) is 3.49. The van der Waals surface area contributed by atoms with Crippen LogP contribution in [0.25, 0.3) is 0 Å². The fraction of sp³-hybridized carbons (Fsp3) is 0.636. The first-order valence-electron chi connectivity index (χ1n) is 11.1. The predicted molar refractivity (Wildman–Crippen MR) is 115 cm³/mol. The minimum atomic E-state index is -4.96. The summed E-state index contributed by atoms with van der Waals surface area (Å²) in [6.07, 6.45) is -2.35. The van der Waals surface area contributed by atoms with Gasteiger partial charge in [0.05, 0.1) is 17.2 Å². The van der Waals surface area contributed by atoms with E-state index in [1.807, 2.05) is 0 Å². The van der Waals surface area contributed by atoms with Crippen LogP contribution in [0, 0.1) is 0 Å². The molecule has 1 atom stereocenters. The normalized spacial score (nSPS) is 23.9. The summed E-state index contributed by atoms with van der Waals surface area (Å²) in [4.78, 5) is 19.7. The van der Waals surface area contributed by atoms with Crippen LogP contribution in [0.5, 0.6) is 0 Å². The lowest BCUT2D eigenvalue weighted by atomic mass is 9.96. The van der Waals surface area contributed by atoms with E-state index < -0.39 is 35.1 Å². The van der Waals surface area contributed by atoms with Gasteiger partial charge in [-0.2, -0.15) is 26.3 Å². The van der Waals surface area contributed by atoms with E-state index in [1.54, 1.807) is 11.8 Å². The van der Waals surface area contributed by atoms with E-state index >= 15 is 0 Å². The van der Waals surface area contributed by atoms with Crippen molar-refractivity contribution in [2.75, 3.05) is 11.1 Å². The highest BCUT2D eigenvalue weighted by Gasteiger charge is 2.42. The molecule has 33 heavy (non-hydrogen) atoms. The zero-order valence-corrected chi connectivity index (χ0v) is 18.6. The summed E-state index contributed by atoms with van der Waals surface area (Å²) in [6, 6.07) is 1.51. The van der Waals surface area contributed by atoms with E-state index in [9.17, 15) is 31.1 Å². The quantitative estimate of drug-likeness (QED) is 0.488. The summed E-state index contributed by atoms with van der Waals surface area (Å²) >= 11 is 1.58. The molecule has 1 aromatic rings. The number of aliphatic imine (C=N–C) groups is 1. The van der Waals surface area contributed by atoms with Gasteiger partial charge in [-0.3, -0.25) is 9.79 Å². The Morgan fingerprint density at radius 1 is 0.970 bits per heavy atom. The summed E-state index contributed by atoms with van der Waals surface area (Å²) in [5.74, 6) is 0.00361. The Labute approximate surface area is 192 Å². The standard InChI is InChI=1S/C22H25F6N3OS/c23-21(24,25)13-8-14(22(26,27)28)10-16(9-13)29-19(32)11-18-12-33-20(31(18)17-6-7-17)30-15-4-2-1-3-5-15/h8-10,15,17-18H,1-7,11-12H2,(H,29,32). The number of halogens is 6. The molecule has 4 rings (SSSR count). The lowest BCUT2D eigenvalue weighted by molar-refractivity contribution is -0.143. The Kier molecular flexibility index (Phi) is 6.89. The van der Waals surface area contributed by atoms with Gasteiger partial charge in [0.25, 0.3) is 0 Å². The minimum absolute atomic E-state index is 0.0230. The summed E-state index contributed by atoms with van der Waals surface area (Å²) < 4.78 is 78.5. The van der Waals surface area contributed by atoms with Gasteiger partial charge < -0.3 is 10.2 Å². The van der Waals surface area contributed by atoms with E-state index in [0.29, 0.717) is 23.9 Å². The Morgan fingerprint density at radius 3 is 2.12 bits per heavy atom. The Hall–Kier alpha value is -1.91. The van der Waals surface area contributed by atoms with Crippen LogP contribution >= 0.6 is 11.8 Å². The second kappa shape index (κ2) is 9.38. The van der Waals surface area contributed by atoms with Crippen LogP contribution in [0.3, 0.4) is 0 Å². The molecule has 3 fully saturated rings. The molecule has 1 saturated heterocycles. The van der Waals surface area contributed by atoms with Gasteiger partial charge in [-0.25, -0.2) is 0 Å². The van der Waals surface area contributed by atoms with Crippen LogP contribution in [0.4, 0.5) is 32.0 Å². The van der Waals surface area contributed by atoms with Crippen molar-refractivity contribution in [2.45, 2.75) is 81.8 Å². The number of amides is 1. The first kappa shape index (κ1) is 24.2. The molecule has 182 valence electrons. The molecule has 1 N–H and O–H groups in total. The molecule has 4 nitrogen and oxygen atoms in total. The smallest absolute Gasteiger partial charge is 0.344 e. The molecule has 1 aromatic carbocycles. The van der Waals surface area contributed by atoms with E-state index in [-0.39, 0.29) is 24.6 Å². The second-order valence-corrected chi connectivity index (χ2v) is 9.84. The van der Waals surface area contributed by atoms with Crippen LogP contribution in [-0.4, -0.2) is 39.9 Å². The third-order valence-electron chi connectivity index (χ3n) is 6.12. The fourth-order valence-corrected chi connectivity index (χ4v) is 5.66. The molecular weight excluding hydrogens is 468 g/mol. The van der Waals surface area contributed by atoms with Gasteiger partial charge in [0, 0.05) is 29.9 Å². The Balaban J connectivity index is 1.46. The third-order valence-corrected chi connectivity index (χ3v) is 7.25. The Morgan fingerprint density at radius 2 is 1.58 bits per heavy atom. The van der Waals surface area contributed by atoms with Gasteiger partial charge >= 0.3 is 12.4 Å². The number of nitrogens with one attached hydrogen (secondary N) is 1. The van der Waals surface area contributed by atoms with Gasteiger partial charge in [-0.05, 0) is 43.9 Å². The first-order chi connectivity index (χ1) is 15.5. The van der Waals surface area contributed by atoms with Crippen LogP contribution in [0.15, 0.2) is 23.2 Å². The molecule has 0 radical (unpaired) electrons. The molecular formula is C22H25F6N3OS. The van der Waals surface area contributed by atoms with E-state index in [1.165, 1.54) is 6.42 Å². The van der Waals surface area contributed by atoms with Crippen molar-refractivity contribution >= 4 is 28.5 Å². The van der Waals surface area contributed by atoms with Crippen molar-refractivity contribution < 1.29 is 31.1 Å². The minimum Gasteiger partial charge on any atom is -0.344 e. The molecule has 1 heterocycles. The molecule has 1 aliphatic heterocycles. The van der Waals surface area contributed by atoms with Gasteiger partial charge in [-0.15, -0.1) is 0 Å². The highest BCUT2D eigenvalue weighted by molar-refractivity contribution is 8.14. The molecule has 0 bridgehead atoms. The highest BCUT2D eigenvalue weighted by atomic mass is 32.2. The van der Waals surface area contributed by atoms with Crippen molar-refractivity contribution in [3.8, 4) is 0 Å². The fourth-order valence-electron chi connectivity index (χ4n) is 4.37. The molecule has 0 aromatic heterocycles. The van der Waals surface area contributed by atoms with Crippen molar-refractivity contribution in [3.05, 3.63) is 29.3 Å². The summed E-state index contributed by atoms with van der Waals surface area (Å²) in [7, 11) is 0. The lowest BCUT2D eigenvalue weighted by Gasteiger charge is -2.27. The maximum absolute atomic E-state index is 13.1. The summed E-state index contributed by atoms with van der Waals surface area (Å²) in [6.45, 7) is 0. The monoisotopic (exact) mass is 493 g/mol. The number of anilines is 1. The summed E-state index contributed by atoms with van der Waals surface area (Å²) in [5, 5.41) is 3.17. The number of carbonyl (C=O) groups excluding carboxylic acids is 1. The van der Waals surface area contributed by atoms with E-state index in [0.717, 1.165) is 43.7 Å². The van der Waals surface area contributed by atoms with Crippen molar-refractivity contribution in [3.63, 3.8) is 0 Å². The van der Waals surface area contributed by atoms with Crippen LogP contribution in [0.1, 0.15) is 62.5 Å². The average molecular weight is 494 g/mol. The molecule has 0 spiro atoms. The van der Waals surface area contributed by atoms with Crippen molar-refractivity contribution in [1.82, 2.24) is 4.90 Å². The maximum atomic E-state index is 13.1. The molecule has 3 aliphatic rings. The van der Waals surface area contributed by atoms with E-state index in [2.05, 4.69) is 10.2 Å². The number of carbonyl (C=O) groups is 1. The van der Waals surface area contributed by atoms with Gasteiger partial charge in [0.2, 0.25) is 5.91 Å². The number of benzene rings is 1. The first-order valence-corrected chi connectivity index (χ1v) is 12.1. The SMILES string of the molecule is O=C(CC1CSC(=NC2CCCCC2)N1C1CC1)Nc1cc(C(F)(F)F)cc(C(F)(F)F)c1. The lowest BCUT2D eigenvalue weighted by Crippen LogP contribution is -2.39. The van der Waals surface area contributed by atoms with Gasteiger partial charge in [0.1, 0.15) is 0 Å². The van der Waals surface area contributed by atoms with Gasteiger partial charge in [0.15, 0.2) is 5.17 Å². The van der Waals surface area contributed by atoms with Crippen LogP contribution in [0.2, 0.25) is 0 Å². The maximum Gasteiger partial charge on any atom is 0.416 e. The topological polar surface area (TPSA) is 44.7 Å². The highest BCUT2D eigenvalue weighted by Crippen LogP contribution is 2.40. The molecule has 1 unspecified atom stereocenters. The number of amidine groups is 1. The molecule has 11 heteroatoms. The zero-order chi connectivity index (χ0) is 23.8. The van der Waals surface area contributed by atoms with Crippen molar-refractivity contribution in [2.24, 2.45) is 4.99 Å².